The molecule has 0 amide bonds. The van der Waals surface area contributed by atoms with E-state index in [4.69, 9.17) is 11.6 Å². The number of hydrogen-bond donors (Lipinski definition) is 1. The molecule has 100 valence electrons. The van der Waals surface area contributed by atoms with E-state index in [1.54, 1.807) is 11.3 Å². The Hall–Kier alpha value is -0.830. The van der Waals surface area contributed by atoms with E-state index in [0.29, 0.717) is 6.04 Å². The predicted octanol–water partition coefficient (Wildman–Crippen LogP) is 4.78. The maximum Gasteiger partial charge on any atom is 0.0561 e. The number of hydrogen-bond acceptors (Lipinski definition) is 2. The first-order valence-electron chi connectivity index (χ1n) is 6.73. The summed E-state index contributed by atoms with van der Waals surface area (Å²) in [6.07, 6.45) is 3.77. The Labute approximate surface area is 123 Å². The van der Waals surface area contributed by atoms with Crippen molar-refractivity contribution in [2.45, 2.75) is 30.7 Å². The van der Waals surface area contributed by atoms with Gasteiger partial charge in [0.05, 0.1) is 11.1 Å². The molecule has 0 spiro atoms. The lowest BCUT2D eigenvalue weighted by atomic mass is 9.60. The van der Waals surface area contributed by atoms with Gasteiger partial charge < -0.3 is 5.32 Å². The highest BCUT2D eigenvalue weighted by Gasteiger charge is 2.46. The van der Waals surface area contributed by atoms with Gasteiger partial charge >= 0.3 is 0 Å². The lowest BCUT2D eigenvalue weighted by Crippen LogP contribution is -2.45. The van der Waals surface area contributed by atoms with Gasteiger partial charge in [-0.05, 0) is 36.9 Å². The molecule has 0 bridgehead atoms. The molecule has 1 heterocycles. The zero-order valence-corrected chi connectivity index (χ0v) is 12.6. The Bertz CT molecular complexity index is 545. The molecular formula is C16H18ClNS. The molecule has 1 aliphatic rings. The van der Waals surface area contributed by atoms with Gasteiger partial charge in [0.2, 0.25) is 0 Å². The predicted molar refractivity (Wildman–Crippen MR) is 83.1 cm³/mol. The number of halogens is 1. The summed E-state index contributed by atoms with van der Waals surface area (Å²) in [5, 5.41) is 6.49. The van der Waals surface area contributed by atoms with Crippen molar-refractivity contribution in [2.24, 2.45) is 0 Å². The molecule has 0 radical (unpaired) electrons. The first kappa shape index (κ1) is 13.2. The van der Waals surface area contributed by atoms with Crippen molar-refractivity contribution in [3.05, 3.63) is 57.2 Å². The molecule has 0 saturated heterocycles. The van der Waals surface area contributed by atoms with Crippen LogP contribution in [0.3, 0.4) is 0 Å². The Balaban J connectivity index is 2.04. The van der Waals surface area contributed by atoms with Gasteiger partial charge in [0.25, 0.3) is 0 Å². The molecule has 0 aliphatic heterocycles. The lowest BCUT2D eigenvalue weighted by molar-refractivity contribution is 0.178. The standard InChI is InChI=1S/C16H18ClNS/c1-18-15(14-13(17)8-11-19-14)16(9-5-10-16)12-6-3-2-4-7-12/h2-4,6-8,11,15,18H,5,9-10H2,1H3. The van der Waals surface area contributed by atoms with Crippen molar-refractivity contribution >= 4 is 22.9 Å². The summed E-state index contributed by atoms with van der Waals surface area (Å²) in [7, 11) is 2.05. The highest BCUT2D eigenvalue weighted by atomic mass is 35.5. The van der Waals surface area contributed by atoms with Gasteiger partial charge in [-0.15, -0.1) is 11.3 Å². The van der Waals surface area contributed by atoms with Gasteiger partial charge in [-0.1, -0.05) is 48.4 Å². The highest BCUT2D eigenvalue weighted by molar-refractivity contribution is 7.10. The minimum absolute atomic E-state index is 0.213. The number of likely N-dealkylation sites (N-methyl/N-ethyl adjacent to an activating group) is 1. The Morgan fingerprint density at radius 3 is 2.42 bits per heavy atom. The third-order valence-corrected chi connectivity index (χ3v) is 5.77. The average molecular weight is 292 g/mol. The van der Waals surface area contributed by atoms with Crippen LogP contribution < -0.4 is 5.32 Å². The molecule has 1 atom stereocenters. The first-order chi connectivity index (χ1) is 9.28. The molecule has 1 aromatic carbocycles. The molecular weight excluding hydrogens is 274 g/mol. The molecule has 1 saturated carbocycles. The lowest BCUT2D eigenvalue weighted by Gasteiger charge is -2.48. The fourth-order valence-corrected chi connectivity index (χ4v) is 4.63. The topological polar surface area (TPSA) is 12.0 Å². The molecule has 19 heavy (non-hydrogen) atoms. The van der Waals surface area contributed by atoms with E-state index in [1.807, 2.05) is 13.1 Å². The zero-order valence-electron chi connectivity index (χ0n) is 11.0. The Morgan fingerprint density at radius 1 is 1.21 bits per heavy atom. The minimum atomic E-state index is 0.213. The van der Waals surface area contributed by atoms with Gasteiger partial charge in [-0.2, -0.15) is 0 Å². The number of nitrogens with one attached hydrogen (secondary N) is 1. The third kappa shape index (κ3) is 2.12. The zero-order chi connectivity index (χ0) is 13.3. The summed E-state index contributed by atoms with van der Waals surface area (Å²) in [5.41, 5.74) is 1.65. The molecule has 3 heteroatoms. The van der Waals surface area contributed by atoms with E-state index < -0.39 is 0 Å². The van der Waals surface area contributed by atoms with Crippen molar-refractivity contribution in [3.63, 3.8) is 0 Å². The van der Waals surface area contributed by atoms with Crippen molar-refractivity contribution in [1.82, 2.24) is 5.32 Å². The SMILES string of the molecule is CNC(c1sccc1Cl)C1(c2ccccc2)CCC1. The van der Waals surface area contributed by atoms with Gasteiger partial charge in [0, 0.05) is 10.3 Å². The van der Waals surface area contributed by atoms with Crippen LogP contribution in [-0.4, -0.2) is 7.05 Å². The van der Waals surface area contributed by atoms with Crippen molar-refractivity contribution < 1.29 is 0 Å². The highest BCUT2D eigenvalue weighted by Crippen LogP contribution is 2.53. The van der Waals surface area contributed by atoms with Crippen LogP contribution in [-0.2, 0) is 5.41 Å². The second-order valence-electron chi connectivity index (χ2n) is 5.23. The smallest absolute Gasteiger partial charge is 0.0561 e. The monoisotopic (exact) mass is 291 g/mol. The van der Waals surface area contributed by atoms with E-state index in [1.165, 1.54) is 29.7 Å². The molecule has 2 aromatic rings. The first-order valence-corrected chi connectivity index (χ1v) is 7.99. The maximum atomic E-state index is 6.36. The van der Waals surface area contributed by atoms with Crippen LogP contribution in [0.25, 0.3) is 0 Å². The summed E-state index contributed by atoms with van der Waals surface area (Å²) in [6, 6.07) is 13.2. The van der Waals surface area contributed by atoms with E-state index in [-0.39, 0.29) is 5.41 Å². The van der Waals surface area contributed by atoms with Crippen molar-refractivity contribution in [3.8, 4) is 0 Å². The molecule has 1 aliphatic carbocycles. The molecule has 1 aromatic heterocycles. The second kappa shape index (κ2) is 5.28. The quantitative estimate of drug-likeness (QED) is 0.854. The summed E-state index contributed by atoms with van der Waals surface area (Å²) in [6.45, 7) is 0. The van der Waals surface area contributed by atoms with Gasteiger partial charge in [0.1, 0.15) is 0 Å². The molecule has 1 fully saturated rings. The molecule has 1 nitrogen and oxygen atoms in total. The van der Waals surface area contributed by atoms with E-state index in [9.17, 15) is 0 Å². The fourth-order valence-electron chi connectivity index (χ4n) is 3.24. The largest absolute Gasteiger partial charge is 0.312 e. The van der Waals surface area contributed by atoms with Crippen LogP contribution in [0.15, 0.2) is 41.8 Å². The van der Waals surface area contributed by atoms with Crippen LogP contribution in [0.5, 0.6) is 0 Å². The summed E-state index contributed by atoms with van der Waals surface area (Å²) < 4.78 is 0. The summed E-state index contributed by atoms with van der Waals surface area (Å²) in [4.78, 5) is 1.27. The van der Waals surface area contributed by atoms with Crippen LogP contribution in [0.2, 0.25) is 5.02 Å². The van der Waals surface area contributed by atoms with E-state index >= 15 is 0 Å². The van der Waals surface area contributed by atoms with Crippen LogP contribution in [0.4, 0.5) is 0 Å². The van der Waals surface area contributed by atoms with Crippen LogP contribution in [0.1, 0.15) is 35.7 Å². The minimum Gasteiger partial charge on any atom is -0.312 e. The third-order valence-electron chi connectivity index (χ3n) is 4.34. The number of thiophene rings is 1. The molecule has 3 rings (SSSR count). The van der Waals surface area contributed by atoms with Crippen LogP contribution >= 0.6 is 22.9 Å². The van der Waals surface area contributed by atoms with Gasteiger partial charge in [0.15, 0.2) is 0 Å². The molecule has 1 unspecified atom stereocenters. The molecule has 1 N–H and O–H groups in total. The average Bonchev–Trinajstić information content (AvgIpc) is 2.81. The van der Waals surface area contributed by atoms with Gasteiger partial charge in [-0.3, -0.25) is 0 Å². The van der Waals surface area contributed by atoms with E-state index in [0.717, 1.165) is 5.02 Å². The van der Waals surface area contributed by atoms with Gasteiger partial charge in [-0.25, -0.2) is 0 Å². The normalized spacial score (nSPS) is 18.8. The second-order valence-corrected chi connectivity index (χ2v) is 6.59. The number of benzene rings is 1. The Morgan fingerprint density at radius 2 is 1.95 bits per heavy atom. The van der Waals surface area contributed by atoms with Crippen molar-refractivity contribution in [1.29, 1.82) is 0 Å². The number of rotatable bonds is 4. The summed E-state index contributed by atoms with van der Waals surface area (Å²) in [5.74, 6) is 0. The van der Waals surface area contributed by atoms with Crippen LogP contribution in [0, 0.1) is 0 Å². The Kier molecular flexibility index (Phi) is 3.66. The maximum absolute atomic E-state index is 6.36. The van der Waals surface area contributed by atoms with E-state index in [2.05, 4.69) is 41.0 Å². The summed E-state index contributed by atoms with van der Waals surface area (Å²) >= 11 is 8.12. The fraction of sp³-hybridized carbons (Fsp3) is 0.375. The van der Waals surface area contributed by atoms with Crippen molar-refractivity contribution in [2.75, 3.05) is 7.05 Å².